The number of benzene rings is 3. The minimum Gasteiger partial charge on any atom is -0.494 e. The smallest absolute Gasteiger partial charge is 0.261 e. The predicted octanol–water partition coefficient (Wildman–Crippen LogP) is 5.37. The summed E-state index contributed by atoms with van der Waals surface area (Å²) in [6.07, 6.45) is 2.02. The van der Waals surface area contributed by atoms with E-state index < -0.39 is 15.8 Å². The maximum Gasteiger partial charge on any atom is 0.261 e. The zero-order valence-corrected chi connectivity index (χ0v) is 18.7. The van der Waals surface area contributed by atoms with Crippen LogP contribution >= 0.6 is 0 Å². The van der Waals surface area contributed by atoms with Crippen LogP contribution in [-0.4, -0.2) is 20.9 Å². The third-order valence-electron chi connectivity index (χ3n) is 4.76. The number of para-hydroxylation sites is 1. The number of aryl methyl sites for hydroxylation is 1. The summed E-state index contributed by atoms with van der Waals surface area (Å²) in [7, 11) is -3.99. The van der Waals surface area contributed by atoms with Gasteiger partial charge in [0.25, 0.3) is 15.9 Å². The summed E-state index contributed by atoms with van der Waals surface area (Å²) >= 11 is 0. The van der Waals surface area contributed by atoms with Crippen LogP contribution in [0.15, 0.2) is 71.6 Å². The van der Waals surface area contributed by atoms with E-state index in [0.717, 1.165) is 30.2 Å². The van der Waals surface area contributed by atoms with E-state index in [2.05, 4.69) is 17.0 Å². The molecule has 0 bridgehead atoms. The Kier molecular flexibility index (Phi) is 7.48. The lowest BCUT2D eigenvalue weighted by Crippen LogP contribution is -2.15. The molecule has 0 atom stereocenters. The van der Waals surface area contributed by atoms with Crippen LogP contribution in [-0.2, 0) is 10.0 Å². The van der Waals surface area contributed by atoms with Crippen molar-refractivity contribution in [1.82, 2.24) is 0 Å². The second-order valence-corrected chi connectivity index (χ2v) is 8.92. The topological polar surface area (TPSA) is 84.5 Å². The molecule has 3 aromatic rings. The van der Waals surface area contributed by atoms with Gasteiger partial charge in [-0.2, -0.15) is 0 Å². The van der Waals surface area contributed by atoms with Gasteiger partial charge < -0.3 is 10.1 Å². The van der Waals surface area contributed by atoms with E-state index in [-0.39, 0.29) is 22.1 Å². The molecule has 0 aliphatic carbocycles. The van der Waals surface area contributed by atoms with Crippen LogP contribution in [0.5, 0.6) is 5.75 Å². The molecule has 0 saturated heterocycles. The van der Waals surface area contributed by atoms with E-state index >= 15 is 0 Å². The number of amides is 1. The number of nitrogens with one attached hydrogen (secondary N) is 2. The average Bonchev–Trinajstić information content (AvgIpc) is 2.77. The number of halogens is 1. The zero-order valence-electron chi connectivity index (χ0n) is 17.9. The fraction of sp³-hybridized carbons (Fsp3) is 0.208. The van der Waals surface area contributed by atoms with Crippen LogP contribution in [0, 0.1) is 12.7 Å². The molecule has 0 spiro atoms. The summed E-state index contributed by atoms with van der Waals surface area (Å²) < 4.78 is 46.6. The number of unbranched alkanes of at least 4 members (excludes halogenated alkanes) is 1. The third kappa shape index (κ3) is 5.85. The van der Waals surface area contributed by atoms with Crippen molar-refractivity contribution in [3.63, 3.8) is 0 Å². The Labute approximate surface area is 187 Å². The summed E-state index contributed by atoms with van der Waals surface area (Å²) in [5, 5.41) is 2.82. The number of hydrogen-bond donors (Lipinski definition) is 2. The van der Waals surface area contributed by atoms with Gasteiger partial charge in [0.15, 0.2) is 0 Å². The van der Waals surface area contributed by atoms with Crippen molar-refractivity contribution in [2.24, 2.45) is 0 Å². The Bertz CT molecular complexity index is 1190. The molecule has 6 nitrogen and oxygen atoms in total. The highest BCUT2D eigenvalue weighted by molar-refractivity contribution is 7.92. The molecule has 0 aliphatic rings. The monoisotopic (exact) mass is 456 g/mol. The molecule has 0 fully saturated rings. The summed E-state index contributed by atoms with van der Waals surface area (Å²) in [5.74, 6) is -0.311. The molecule has 0 heterocycles. The van der Waals surface area contributed by atoms with Crippen molar-refractivity contribution in [1.29, 1.82) is 0 Å². The van der Waals surface area contributed by atoms with Crippen LogP contribution < -0.4 is 14.8 Å². The molecule has 8 heteroatoms. The van der Waals surface area contributed by atoms with Crippen LogP contribution in [0.2, 0.25) is 0 Å². The fourth-order valence-corrected chi connectivity index (χ4v) is 4.00. The first-order chi connectivity index (χ1) is 15.3. The highest BCUT2D eigenvalue weighted by atomic mass is 32.2. The van der Waals surface area contributed by atoms with Gasteiger partial charge in [0, 0.05) is 11.3 Å². The van der Waals surface area contributed by atoms with E-state index in [9.17, 15) is 17.6 Å². The molecule has 0 radical (unpaired) electrons. The summed E-state index contributed by atoms with van der Waals surface area (Å²) in [6, 6.07) is 16.3. The van der Waals surface area contributed by atoms with E-state index in [1.807, 2.05) is 13.0 Å². The molecule has 0 aromatic heterocycles. The molecule has 168 valence electrons. The van der Waals surface area contributed by atoms with Gasteiger partial charge in [-0.25, -0.2) is 12.8 Å². The summed E-state index contributed by atoms with van der Waals surface area (Å²) in [4.78, 5) is 12.5. The molecule has 0 saturated carbocycles. The van der Waals surface area contributed by atoms with Crippen molar-refractivity contribution >= 4 is 27.3 Å². The lowest BCUT2D eigenvalue weighted by atomic mass is 10.1. The van der Waals surface area contributed by atoms with Crippen molar-refractivity contribution in [2.75, 3.05) is 16.6 Å². The number of anilines is 2. The lowest BCUT2D eigenvalue weighted by Gasteiger charge is -2.12. The van der Waals surface area contributed by atoms with E-state index in [4.69, 9.17) is 4.74 Å². The van der Waals surface area contributed by atoms with Crippen LogP contribution in [0.4, 0.5) is 15.8 Å². The van der Waals surface area contributed by atoms with Crippen molar-refractivity contribution < 1.29 is 22.3 Å². The standard InChI is InChI=1S/C24H25FN2O4S/c1-3-4-15-31-19-11-14-22(17(2)16-19)26-24(28)18-9-12-20(13-10-18)32(29,30)27-23-8-6-5-7-21(23)25/h5-14,16,27H,3-4,15H2,1-2H3,(H,26,28). The van der Waals surface area contributed by atoms with Gasteiger partial charge in [-0.15, -0.1) is 0 Å². The molecule has 3 aromatic carbocycles. The summed E-state index contributed by atoms with van der Waals surface area (Å²) in [5.41, 5.74) is 1.63. The molecular formula is C24H25FN2O4S. The zero-order chi connectivity index (χ0) is 23.1. The van der Waals surface area contributed by atoms with Gasteiger partial charge >= 0.3 is 0 Å². The van der Waals surface area contributed by atoms with Crippen molar-refractivity contribution in [3.8, 4) is 5.75 Å². The normalized spacial score (nSPS) is 11.1. The highest BCUT2D eigenvalue weighted by Gasteiger charge is 2.17. The Balaban J connectivity index is 1.68. The Morgan fingerprint density at radius 1 is 1.00 bits per heavy atom. The van der Waals surface area contributed by atoms with Gasteiger partial charge in [-0.1, -0.05) is 25.5 Å². The number of ether oxygens (including phenoxy) is 1. The first-order valence-electron chi connectivity index (χ1n) is 10.2. The maximum absolute atomic E-state index is 13.8. The first-order valence-corrected chi connectivity index (χ1v) is 11.7. The van der Waals surface area contributed by atoms with Crippen LogP contribution in [0.25, 0.3) is 0 Å². The molecule has 3 rings (SSSR count). The van der Waals surface area contributed by atoms with Crippen LogP contribution in [0.3, 0.4) is 0 Å². The minimum absolute atomic E-state index is 0.0814. The van der Waals surface area contributed by atoms with Gasteiger partial charge in [0.05, 0.1) is 17.2 Å². The molecule has 2 N–H and O–H groups in total. The number of carbonyl (C=O) groups excluding carboxylic acids is 1. The Hall–Kier alpha value is -3.39. The Morgan fingerprint density at radius 2 is 1.72 bits per heavy atom. The molecule has 0 unspecified atom stereocenters. The molecule has 0 aliphatic heterocycles. The number of hydrogen-bond acceptors (Lipinski definition) is 4. The highest BCUT2D eigenvalue weighted by Crippen LogP contribution is 2.23. The van der Waals surface area contributed by atoms with E-state index in [1.165, 1.54) is 42.5 Å². The van der Waals surface area contributed by atoms with Crippen LogP contribution in [0.1, 0.15) is 35.7 Å². The van der Waals surface area contributed by atoms with Crippen molar-refractivity contribution in [2.45, 2.75) is 31.6 Å². The number of rotatable bonds is 9. The summed E-state index contributed by atoms with van der Waals surface area (Å²) in [6.45, 7) is 4.60. The maximum atomic E-state index is 13.8. The van der Waals surface area contributed by atoms with Gasteiger partial charge in [0.1, 0.15) is 11.6 Å². The molecule has 32 heavy (non-hydrogen) atoms. The molecular weight excluding hydrogens is 431 g/mol. The largest absolute Gasteiger partial charge is 0.494 e. The van der Waals surface area contributed by atoms with Gasteiger partial charge in [0.2, 0.25) is 0 Å². The quantitative estimate of drug-likeness (QED) is 0.424. The van der Waals surface area contributed by atoms with E-state index in [0.29, 0.717) is 12.3 Å². The Morgan fingerprint density at radius 3 is 2.38 bits per heavy atom. The number of sulfonamides is 1. The lowest BCUT2D eigenvalue weighted by molar-refractivity contribution is 0.102. The third-order valence-corrected chi connectivity index (χ3v) is 6.14. The van der Waals surface area contributed by atoms with E-state index in [1.54, 1.807) is 12.1 Å². The van der Waals surface area contributed by atoms with Crippen molar-refractivity contribution in [3.05, 3.63) is 83.7 Å². The minimum atomic E-state index is -3.99. The first kappa shape index (κ1) is 23.3. The second-order valence-electron chi connectivity index (χ2n) is 7.24. The number of carbonyl (C=O) groups is 1. The molecule has 1 amide bonds. The van der Waals surface area contributed by atoms with Gasteiger partial charge in [-0.05, 0) is 73.5 Å². The van der Waals surface area contributed by atoms with Gasteiger partial charge in [-0.3, -0.25) is 9.52 Å². The predicted molar refractivity (Wildman–Crippen MR) is 123 cm³/mol. The SMILES string of the molecule is CCCCOc1ccc(NC(=O)c2ccc(S(=O)(=O)Nc3ccccc3F)cc2)c(C)c1. The second kappa shape index (κ2) is 10.3. The average molecular weight is 457 g/mol. The fourth-order valence-electron chi connectivity index (χ4n) is 2.93.